The van der Waals surface area contributed by atoms with Crippen LogP contribution in [0.5, 0.6) is 0 Å². The maximum Gasteiger partial charge on any atom is 0.419 e. The zero-order chi connectivity index (χ0) is 16.4. The van der Waals surface area contributed by atoms with Gasteiger partial charge in [0.15, 0.2) is 5.58 Å². The van der Waals surface area contributed by atoms with E-state index in [-0.39, 0.29) is 11.8 Å². The first-order chi connectivity index (χ1) is 11.0. The third-order valence-corrected chi connectivity index (χ3v) is 3.89. The first-order valence-electron chi connectivity index (χ1n) is 7.49. The fourth-order valence-corrected chi connectivity index (χ4v) is 2.53. The number of carbonyl (C=O) groups excluding carboxylic acids is 1. The second-order valence-corrected chi connectivity index (χ2v) is 5.69. The summed E-state index contributed by atoms with van der Waals surface area (Å²) < 4.78 is 6.49. The quantitative estimate of drug-likeness (QED) is 0.806. The molecule has 0 radical (unpaired) electrons. The van der Waals surface area contributed by atoms with Gasteiger partial charge in [-0.3, -0.25) is 9.36 Å². The summed E-state index contributed by atoms with van der Waals surface area (Å²) in [6, 6.07) is 15.1. The number of aromatic nitrogens is 1. The van der Waals surface area contributed by atoms with E-state index in [4.69, 9.17) is 4.42 Å². The van der Waals surface area contributed by atoms with Crippen LogP contribution in [0.25, 0.3) is 11.1 Å². The number of oxazole rings is 1. The average Bonchev–Trinajstić information content (AvgIpc) is 2.83. The molecule has 1 amide bonds. The summed E-state index contributed by atoms with van der Waals surface area (Å²) in [5, 5.41) is 2.89. The maximum atomic E-state index is 12.3. The van der Waals surface area contributed by atoms with Gasteiger partial charge in [0.25, 0.3) is 0 Å². The molecule has 5 heteroatoms. The van der Waals surface area contributed by atoms with Gasteiger partial charge in [0.05, 0.1) is 5.52 Å². The Kier molecular flexibility index (Phi) is 4.02. The molecule has 23 heavy (non-hydrogen) atoms. The van der Waals surface area contributed by atoms with E-state index in [1.54, 1.807) is 25.2 Å². The largest absolute Gasteiger partial charge is 0.419 e. The van der Waals surface area contributed by atoms with Gasteiger partial charge in [-0.2, -0.15) is 0 Å². The Labute approximate surface area is 133 Å². The summed E-state index contributed by atoms with van der Waals surface area (Å²) in [7, 11) is 1.64. The number of anilines is 1. The lowest BCUT2D eigenvalue weighted by atomic mass is 10.0. The predicted molar refractivity (Wildman–Crippen MR) is 89.4 cm³/mol. The van der Waals surface area contributed by atoms with Crippen molar-refractivity contribution >= 4 is 22.7 Å². The highest BCUT2D eigenvalue weighted by Gasteiger charge is 2.14. The summed E-state index contributed by atoms with van der Waals surface area (Å²) in [6.07, 6.45) is 0.680. The highest BCUT2D eigenvalue weighted by atomic mass is 16.4. The number of hydrogen-bond acceptors (Lipinski definition) is 3. The second kappa shape index (κ2) is 6.12. The minimum atomic E-state index is -0.416. The topological polar surface area (TPSA) is 64.2 Å². The maximum absolute atomic E-state index is 12.3. The Morgan fingerprint density at radius 3 is 2.70 bits per heavy atom. The summed E-state index contributed by atoms with van der Waals surface area (Å²) in [4.78, 5) is 23.8. The molecule has 5 nitrogen and oxygen atoms in total. The first kappa shape index (κ1) is 15.1. The van der Waals surface area contributed by atoms with E-state index in [1.807, 2.05) is 37.3 Å². The molecule has 0 saturated carbocycles. The third-order valence-electron chi connectivity index (χ3n) is 3.89. The smallest absolute Gasteiger partial charge is 0.408 e. The molecule has 0 bridgehead atoms. The van der Waals surface area contributed by atoms with E-state index in [9.17, 15) is 9.59 Å². The van der Waals surface area contributed by atoms with Crippen LogP contribution in [-0.2, 0) is 18.3 Å². The fourth-order valence-electron chi connectivity index (χ4n) is 2.53. The average molecular weight is 310 g/mol. The third kappa shape index (κ3) is 3.18. The summed E-state index contributed by atoms with van der Waals surface area (Å²) in [6.45, 7) is 1.90. The van der Waals surface area contributed by atoms with Crippen molar-refractivity contribution in [3.05, 3.63) is 64.6 Å². The number of nitrogens with one attached hydrogen (secondary N) is 1. The molecule has 0 aliphatic rings. The minimum absolute atomic E-state index is 0.0540. The van der Waals surface area contributed by atoms with Crippen molar-refractivity contribution in [1.82, 2.24) is 4.57 Å². The Morgan fingerprint density at radius 1 is 1.22 bits per heavy atom. The highest BCUT2D eigenvalue weighted by molar-refractivity contribution is 5.94. The molecule has 1 unspecified atom stereocenters. The molecule has 0 fully saturated rings. The van der Waals surface area contributed by atoms with Crippen molar-refractivity contribution in [3.8, 4) is 0 Å². The molecule has 2 aromatic carbocycles. The molecule has 118 valence electrons. The molecule has 3 rings (SSSR count). The van der Waals surface area contributed by atoms with Gasteiger partial charge in [-0.15, -0.1) is 0 Å². The minimum Gasteiger partial charge on any atom is -0.408 e. The molecule has 1 N–H and O–H groups in total. The van der Waals surface area contributed by atoms with Crippen LogP contribution in [0.2, 0.25) is 0 Å². The molecule has 3 aromatic rings. The van der Waals surface area contributed by atoms with Gasteiger partial charge in [-0.25, -0.2) is 4.79 Å². The lowest BCUT2D eigenvalue weighted by molar-refractivity contribution is -0.119. The molecular weight excluding hydrogens is 292 g/mol. The number of benzene rings is 2. The molecule has 0 aliphatic heterocycles. The number of aryl methyl sites for hydroxylation is 1. The number of carbonyl (C=O) groups is 1. The van der Waals surface area contributed by atoms with Gasteiger partial charge < -0.3 is 9.73 Å². The lowest BCUT2D eigenvalue weighted by Gasteiger charge is -2.12. The highest BCUT2D eigenvalue weighted by Crippen LogP contribution is 2.19. The Balaban J connectivity index is 1.74. The van der Waals surface area contributed by atoms with Crippen LogP contribution >= 0.6 is 0 Å². The molecule has 0 saturated heterocycles. The summed E-state index contributed by atoms with van der Waals surface area (Å²) in [5.41, 5.74) is 2.94. The van der Waals surface area contributed by atoms with Crippen molar-refractivity contribution in [2.75, 3.05) is 5.32 Å². The van der Waals surface area contributed by atoms with Crippen LogP contribution in [0.15, 0.2) is 57.7 Å². The van der Waals surface area contributed by atoms with Crippen LogP contribution in [-0.4, -0.2) is 10.5 Å². The van der Waals surface area contributed by atoms with Crippen LogP contribution in [0, 0.1) is 5.92 Å². The molecule has 1 atom stereocenters. The molecular formula is C18H18N2O3. The van der Waals surface area contributed by atoms with E-state index in [2.05, 4.69) is 5.32 Å². The number of rotatable bonds is 4. The van der Waals surface area contributed by atoms with Gasteiger partial charge in [-0.1, -0.05) is 37.3 Å². The monoisotopic (exact) mass is 310 g/mol. The number of fused-ring (bicyclic) bond motifs is 1. The van der Waals surface area contributed by atoms with Crippen molar-refractivity contribution in [2.45, 2.75) is 13.3 Å². The number of amides is 1. The number of hydrogen-bond donors (Lipinski definition) is 1. The Morgan fingerprint density at radius 2 is 1.96 bits per heavy atom. The van der Waals surface area contributed by atoms with Crippen molar-refractivity contribution in [2.24, 2.45) is 13.0 Å². The van der Waals surface area contributed by atoms with Gasteiger partial charge in [0, 0.05) is 18.7 Å². The van der Waals surface area contributed by atoms with E-state index < -0.39 is 5.76 Å². The first-order valence-corrected chi connectivity index (χ1v) is 7.49. The van der Waals surface area contributed by atoms with Gasteiger partial charge in [-0.05, 0) is 30.2 Å². The summed E-state index contributed by atoms with van der Waals surface area (Å²) in [5.74, 6) is -0.621. The van der Waals surface area contributed by atoms with E-state index in [0.717, 1.165) is 5.56 Å². The lowest BCUT2D eigenvalue weighted by Crippen LogP contribution is -2.22. The van der Waals surface area contributed by atoms with Gasteiger partial charge >= 0.3 is 5.76 Å². The van der Waals surface area contributed by atoms with E-state index in [1.165, 1.54) is 4.57 Å². The second-order valence-electron chi connectivity index (χ2n) is 5.69. The standard InChI is InChI=1S/C18H18N2O3/c1-12(10-13-6-4-3-5-7-13)17(21)19-14-8-9-16-15(11-14)20(2)18(22)23-16/h3-9,11-12H,10H2,1-2H3,(H,19,21). The number of nitrogens with zero attached hydrogens (tertiary/aromatic N) is 1. The van der Waals surface area contributed by atoms with Crippen molar-refractivity contribution < 1.29 is 9.21 Å². The molecule has 0 spiro atoms. The van der Waals surface area contributed by atoms with Crippen LogP contribution in [0.1, 0.15) is 12.5 Å². The molecule has 0 aliphatic carbocycles. The fraction of sp³-hybridized carbons (Fsp3) is 0.222. The molecule has 1 aromatic heterocycles. The summed E-state index contributed by atoms with van der Waals surface area (Å²) >= 11 is 0. The van der Waals surface area contributed by atoms with E-state index >= 15 is 0 Å². The van der Waals surface area contributed by atoms with Crippen molar-refractivity contribution in [3.63, 3.8) is 0 Å². The zero-order valence-corrected chi connectivity index (χ0v) is 13.1. The Hall–Kier alpha value is -2.82. The van der Waals surface area contributed by atoms with Gasteiger partial charge in [0.2, 0.25) is 5.91 Å². The van der Waals surface area contributed by atoms with Gasteiger partial charge in [0.1, 0.15) is 0 Å². The van der Waals surface area contributed by atoms with Crippen LogP contribution in [0.4, 0.5) is 5.69 Å². The van der Waals surface area contributed by atoms with Crippen LogP contribution < -0.4 is 11.1 Å². The van der Waals surface area contributed by atoms with E-state index in [0.29, 0.717) is 23.2 Å². The van der Waals surface area contributed by atoms with Crippen LogP contribution in [0.3, 0.4) is 0 Å². The Bertz CT molecular complexity index is 894. The normalized spacial score (nSPS) is 12.3. The molecule has 1 heterocycles. The predicted octanol–water partition coefficient (Wildman–Crippen LogP) is 2.95. The van der Waals surface area contributed by atoms with Crippen molar-refractivity contribution in [1.29, 1.82) is 0 Å². The zero-order valence-electron chi connectivity index (χ0n) is 13.1. The SMILES string of the molecule is CC(Cc1ccccc1)C(=O)Nc1ccc2oc(=O)n(C)c2c1.